The predicted molar refractivity (Wildman–Crippen MR) is 134 cm³/mol. The summed E-state index contributed by atoms with van der Waals surface area (Å²) in [5.41, 5.74) is 4.31. The zero-order chi connectivity index (χ0) is 26.6. The maximum absolute atomic E-state index is 13.9. The van der Waals surface area contributed by atoms with Crippen LogP contribution >= 0.6 is 0 Å². The highest BCUT2D eigenvalue weighted by Gasteiger charge is 2.43. The van der Waals surface area contributed by atoms with E-state index in [1.807, 2.05) is 22.8 Å². The Morgan fingerprint density at radius 2 is 1.97 bits per heavy atom. The first-order valence-corrected chi connectivity index (χ1v) is 12.1. The van der Waals surface area contributed by atoms with E-state index in [1.165, 1.54) is 21.8 Å². The number of hydrogen-bond acceptors (Lipinski definition) is 7. The molecule has 4 aromatic rings. The summed E-state index contributed by atoms with van der Waals surface area (Å²) < 4.78 is 27.0. The molecule has 2 aliphatic rings. The summed E-state index contributed by atoms with van der Waals surface area (Å²) in [7, 11) is 3.28. The number of benzene rings is 2. The lowest BCUT2D eigenvalue weighted by atomic mass is 9.91. The van der Waals surface area contributed by atoms with Crippen molar-refractivity contribution >= 4 is 5.91 Å². The van der Waals surface area contributed by atoms with Crippen LogP contribution in [0.2, 0.25) is 0 Å². The molecule has 1 amide bonds. The first-order chi connectivity index (χ1) is 18.3. The zero-order valence-corrected chi connectivity index (χ0v) is 21.1. The number of nitriles is 1. The minimum absolute atomic E-state index is 0.0333. The van der Waals surface area contributed by atoms with Crippen molar-refractivity contribution in [2.75, 3.05) is 20.4 Å². The Labute approximate surface area is 217 Å². The molecule has 1 saturated heterocycles. The number of carbonyl (C=O) groups is 1. The highest BCUT2D eigenvalue weighted by molar-refractivity contribution is 5.99. The van der Waals surface area contributed by atoms with Gasteiger partial charge in [0.15, 0.2) is 5.54 Å². The number of aromatic nitrogens is 5. The summed E-state index contributed by atoms with van der Waals surface area (Å²) in [6.45, 7) is 2.41. The van der Waals surface area contributed by atoms with Crippen molar-refractivity contribution in [1.29, 1.82) is 5.26 Å². The van der Waals surface area contributed by atoms with Gasteiger partial charge in [-0.15, -0.1) is 10.2 Å². The van der Waals surface area contributed by atoms with Crippen molar-refractivity contribution in [1.82, 2.24) is 29.7 Å². The van der Waals surface area contributed by atoms with Crippen LogP contribution in [-0.2, 0) is 24.8 Å². The van der Waals surface area contributed by atoms with Crippen LogP contribution in [-0.4, -0.2) is 61.6 Å². The van der Waals surface area contributed by atoms with Crippen LogP contribution in [0, 0.1) is 17.1 Å². The fourth-order valence-electron chi connectivity index (χ4n) is 5.18. The van der Waals surface area contributed by atoms with Gasteiger partial charge in [-0.05, 0) is 60.0 Å². The molecule has 0 radical (unpaired) electrons. The number of amides is 1. The number of ether oxygens (including phenoxy) is 2. The standard InChI is InChI=1S/C27H24FN7O3/c1-27(13-29)14-38-15-35(27)26(36)22-12-20(16-4-6-18(28)7-5-16)24-19-11-21(25-30-32-33(2)31-25)23(37-3)10-17(19)8-9-34(22)24/h4-7,10-12H,8-9,14-15H2,1-3H3/t27-/m0/s1. The third-order valence-corrected chi connectivity index (χ3v) is 7.19. The van der Waals surface area contributed by atoms with Crippen LogP contribution in [0.4, 0.5) is 4.39 Å². The van der Waals surface area contributed by atoms with E-state index in [1.54, 1.807) is 33.2 Å². The van der Waals surface area contributed by atoms with Gasteiger partial charge in [-0.1, -0.05) is 12.1 Å². The molecule has 38 heavy (non-hydrogen) atoms. The van der Waals surface area contributed by atoms with Crippen LogP contribution in [0.15, 0.2) is 42.5 Å². The Bertz CT molecular complexity index is 1620. The molecular weight excluding hydrogens is 489 g/mol. The molecule has 2 aromatic heterocycles. The van der Waals surface area contributed by atoms with Crippen LogP contribution in [0.25, 0.3) is 33.8 Å². The predicted octanol–water partition coefficient (Wildman–Crippen LogP) is 3.43. The summed E-state index contributed by atoms with van der Waals surface area (Å²) in [5.74, 6) is 0.386. The average molecular weight is 514 g/mol. The van der Waals surface area contributed by atoms with Gasteiger partial charge in [0.05, 0.1) is 38.1 Å². The Morgan fingerprint density at radius 1 is 1.18 bits per heavy atom. The van der Waals surface area contributed by atoms with Gasteiger partial charge in [-0.3, -0.25) is 9.69 Å². The lowest BCUT2D eigenvalue weighted by molar-refractivity contribution is 0.0621. The molecular formula is C27H24FN7O3. The maximum Gasteiger partial charge on any atom is 0.273 e. The second kappa shape index (κ2) is 8.78. The highest BCUT2D eigenvalue weighted by atomic mass is 19.1. The van der Waals surface area contributed by atoms with Crippen molar-refractivity contribution in [3.63, 3.8) is 0 Å². The average Bonchev–Trinajstić information content (AvgIpc) is 3.65. The van der Waals surface area contributed by atoms with E-state index >= 15 is 0 Å². The Hall–Kier alpha value is -4.56. The van der Waals surface area contributed by atoms with E-state index in [2.05, 4.69) is 21.5 Å². The molecule has 10 nitrogen and oxygen atoms in total. The van der Waals surface area contributed by atoms with Gasteiger partial charge in [0.2, 0.25) is 5.82 Å². The molecule has 6 rings (SSSR count). The molecule has 11 heteroatoms. The summed E-state index contributed by atoms with van der Waals surface area (Å²) >= 11 is 0. The SMILES string of the molecule is COc1cc2c(cc1-c1nnn(C)n1)-c1c(-c3ccc(F)cc3)cc(C(=O)N3COC[C@]3(C)C#N)n1CC2. The van der Waals surface area contributed by atoms with Gasteiger partial charge in [-0.2, -0.15) is 10.1 Å². The fraction of sp³-hybridized carbons (Fsp3) is 0.296. The molecule has 0 bridgehead atoms. The molecule has 0 spiro atoms. The Kier molecular flexibility index (Phi) is 5.50. The molecule has 2 aliphatic heterocycles. The van der Waals surface area contributed by atoms with Gasteiger partial charge in [0.1, 0.15) is 24.0 Å². The number of fused-ring (bicyclic) bond motifs is 3. The van der Waals surface area contributed by atoms with Crippen LogP contribution < -0.4 is 4.74 Å². The minimum atomic E-state index is -1.07. The smallest absolute Gasteiger partial charge is 0.273 e. The number of hydrogen-bond donors (Lipinski definition) is 0. The molecule has 0 saturated carbocycles. The van der Waals surface area contributed by atoms with Gasteiger partial charge in [0.25, 0.3) is 5.91 Å². The molecule has 2 aromatic carbocycles. The third kappa shape index (κ3) is 3.64. The Balaban J connectivity index is 1.58. The molecule has 0 N–H and O–H groups in total. The molecule has 0 unspecified atom stereocenters. The number of tetrazole rings is 1. The molecule has 1 atom stereocenters. The number of carbonyl (C=O) groups excluding carboxylic acids is 1. The van der Waals surface area contributed by atoms with Crippen molar-refractivity contribution in [3.8, 4) is 45.6 Å². The first kappa shape index (κ1) is 23.8. The van der Waals surface area contributed by atoms with Crippen molar-refractivity contribution in [2.24, 2.45) is 7.05 Å². The zero-order valence-electron chi connectivity index (χ0n) is 21.1. The van der Waals surface area contributed by atoms with E-state index in [9.17, 15) is 14.4 Å². The van der Waals surface area contributed by atoms with Crippen molar-refractivity contribution in [3.05, 3.63) is 59.5 Å². The normalized spacial score (nSPS) is 18.1. The second-order valence-electron chi connectivity index (χ2n) is 9.61. The van der Waals surface area contributed by atoms with Gasteiger partial charge < -0.3 is 14.0 Å². The lowest BCUT2D eigenvalue weighted by Crippen LogP contribution is -2.46. The second-order valence-corrected chi connectivity index (χ2v) is 9.61. The molecule has 1 fully saturated rings. The lowest BCUT2D eigenvalue weighted by Gasteiger charge is -2.28. The maximum atomic E-state index is 13.9. The Morgan fingerprint density at radius 3 is 2.66 bits per heavy atom. The van der Waals surface area contributed by atoms with E-state index in [4.69, 9.17) is 9.47 Å². The third-order valence-electron chi connectivity index (χ3n) is 7.19. The summed E-state index contributed by atoms with van der Waals surface area (Å²) in [5, 5.41) is 22.3. The fourth-order valence-corrected chi connectivity index (χ4v) is 5.18. The van der Waals surface area contributed by atoms with Crippen LogP contribution in [0.5, 0.6) is 5.75 Å². The van der Waals surface area contributed by atoms with Crippen LogP contribution in [0.1, 0.15) is 23.0 Å². The van der Waals surface area contributed by atoms with E-state index < -0.39 is 5.54 Å². The van der Waals surface area contributed by atoms with E-state index in [0.717, 1.165) is 27.9 Å². The number of methoxy groups -OCH3 is 1. The summed E-state index contributed by atoms with van der Waals surface area (Å²) in [6.07, 6.45) is 0.650. The minimum Gasteiger partial charge on any atom is -0.496 e. The number of rotatable bonds is 4. The van der Waals surface area contributed by atoms with Gasteiger partial charge in [-0.25, -0.2) is 4.39 Å². The van der Waals surface area contributed by atoms with Crippen molar-refractivity contribution in [2.45, 2.75) is 25.4 Å². The summed E-state index contributed by atoms with van der Waals surface area (Å²) in [4.78, 5) is 16.7. The first-order valence-electron chi connectivity index (χ1n) is 12.1. The number of nitrogens with zero attached hydrogens (tertiary/aromatic N) is 7. The van der Waals surface area contributed by atoms with Crippen molar-refractivity contribution < 1.29 is 18.7 Å². The number of aryl methyl sites for hydroxylation is 2. The summed E-state index contributed by atoms with van der Waals surface area (Å²) in [6, 6.07) is 14.1. The molecule has 0 aliphatic carbocycles. The quantitative estimate of drug-likeness (QED) is 0.411. The molecule has 192 valence electrons. The van der Waals surface area contributed by atoms with E-state index in [0.29, 0.717) is 35.8 Å². The van der Waals surface area contributed by atoms with Crippen LogP contribution in [0.3, 0.4) is 0 Å². The van der Waals surface area contributed by atoms with E-state index in [-0.39, 0.29) is 25.1 Å². The topological polar surface area (TPSA) is 111 Å². The van der Waals surface area contributed by atoms with Gasteiger partial charge >= 0.3 is 0 Å². The van der Waals surface area contributed by atoms with Gasteiger partial charge in [0, 0.05) is 17.7 Å². The monoisotopic (exact) mass is 513 g/mol. The largest absolute Gasteiger partial charge is 0.496 e. The molecule has 4 heterocycles. The number of halogens is 1. The highest BCUT2D eigenvalue weighted by Crippen LogP contribution is 2.44.